The van der Waals surface area contributed by atoms with Crippen LogP contribution in [-0.2, 0) is 9.63 Å². The van der Waals surface area contributed by atoms with Crippen LogP contribution in [0.25, 0.3) is 0 Å². The van der Waals surface area contributed by atoms with Crippen molar-refractivity contribution in [1.82, 2.24) is 0 Å². The fourth-order valence-corrected chi connectivity index (χ4v) is 4.42. The maximum absolute atomic E-state index is 12.5. The lowest BCUT2D eigenvalue weighted by Crippen LogP contribution is -2.47. The van der Waals surface area contributed by atoms with Crippen molar-refractivity contribution in [3.8, 4) is 0 Å². The highest BCUT2D eigenvalue weighted by atomic mass is 16.7. The Morgan fingerprint density at radius 2 is 1.93 bits per heavy atom. The maximum atomic E-state index is 12.5. The lowest BCUT2D eigenvalue weighted by Gasteiger charge is -2.46. The van der Waals surface area contributed by atoms with Crippen LogP contribution in [0.5, 0.6) is 0 Å². The molecule has 7 heteroatoms. The molecule has 1 fully saturated rings. The Morgan fingerprint density at radius 1 is 1.22 bits per heavy atom. The molecule has 0 aromatic heterocycles. The van der Waals surface area contributed by atoms with Gasteiger partial charge in [-0.1, -0.05) is 23.4 Å². The standard InChI is InChI=1S/C20H18N2O5/c1-11-9-16(23)17-12-5-7-13(8-6-12)18(17)19(11)21-27-20(24)14-3-2-4-15(10-14)22(25)26/h2-5,7,9-10,12-13,17-18H,6,8H2,1H3/b21-19+/t12-,13+,17-,18-/m1/s1. The molecule has 0 spiro atoms. The molecule has 1 aromatic carbocycles. The van der Waals surface area contributed by atoms with Gasteiger partial charge >= 0.3 is 5.97 Å². The normalized spacial score (nSPS) is 30.0. The van der Waals surface area contributed by atoms with Crippen LogP contribution in [0, 0.1) is 33.8 Å². The molecule has 138 valence electrons. The quantitative estimate of drug-likeness (QED) is 0.353. The average molecular weight is 366 g/mol. The zero-order valence-electron chi connectivity index (χ0n) is 14.7. The molecule has 0 saturated heterocycles. The van der Waals surface area contributed by atoms with E-state index in [0.717, 1.165) is 18.9 Å². The third kappa shape index (κ3) is 2.99. The van der Waals surface area contributed by atoms with E-state index in [-0.39, 0.29) is 40.7 Å². The summed E-state index contributed by atoms with van der Waals surface area (Å²) in [5.74, 6) is -0.460. The Morgan fingerprint density at radius 3 is 2.59 bits per heavy atom. The Labute approximate surface area is 155 Å². The summed E-state index contributed by atoms with van der Waals surface area (Å²) < 4.78 is 0. The fraction of sp³-hybridized carbons (Fsp3) is 0.350. The Balaban J connectivity index is 1.61. The number of carbonyl (C=O) groups is 2. The summed E-state index contributed by atoms with van der Waals surface area (Å²) in [5, 5.41) is 15.0. The van der Waals surface area contributed by atoms with E-state index in [1.165, 1.54) is 18.2 Å². The first-order chi connectivity index (χ1) is 13.0. The van der Waals surface area contributed by atoms with Gasteiger partial charge in [0, 0.05) is 24.0 Å². The zero-order valence-corrected chi connectivity index (χ0v) is 14.7. The van der Waals surface area contributed by atoms with Crippen LogP contribution < -0.4 is 0 Å². The highest BCUT2D eigenvalue weighted by Crippen LogP contribution is 2.48. The van der Waals surface area contributed by atoms with E-state index in [2.05, 4.69) is 17.3 Å². The van der Waals surface area contributed by atoms with E-state index in [4.69, 9.17) is 4.84 Å². The van der Waals surface area contributed by atoms with Gasteiger partial charge in [-0.2, -0.15) is 0 Å². The number of fused-ring (bicyclic) bond motifs is 1. The number of hydrogen-bond acceptors (Lipinski definition) is 6. The van der Waals surface area contributed by atoms with Crippen LogP contribution in [0.2, 0.25) is 0 Å². The molecule has 0 aliphatic heterocycles. The molecule has 4 atom stereocenters. The molecule has 1 aromatic rings. The average Bonchev–Trinajstić information content (AvgIpc) is 2.68. The SMILES string of the molecule is CC1=CC(=O)[C@@H]2[C@H](/C1=N/OC(=O)c1cccc([N+](=O)[O-])c1)[C@H]1C=C[C@@H]2CC1. The molecule has 0 N–H and O–H groups in total. The third-order valence-electron chi connectivity index (χ3n) is 5.67. The first-order valence-electron chi connectivity index (χ1n) is 8.90. The van der Waals surface area contributed by atoms with Crippen molar-refractivity contribution in [1.29, 1.82) is 0 Å². The van der Waals surface area contributed by atoms with Crippen LogP contribution in [0.4, 0.5) is 5.69 Å². The second kappa shape index (κ2) is 6.57. The minimum absolute atomic E-state index is 0.0590. The number of nitro groups is 1. The molecule has 7 nitrogen and oxygen atoms in total. The first kappa shape index (κ1) is 17.3. The molecule has 0 amide bonds. The second-order valence-electron chi connectivity index (χ2n) is 7.23. The number of nitro benzene ring substituents is 1. The van der Waals surface area contributed by atoms with Gasteiger partial charge in [0.2, 0.25) is 0 Å². The van der Waals surface area contributed by atoms with Crippen LogP contribution in [0.1, 0.15) is 30.1 Å². The minimum Gasteiger partial charge on any atom is -0.313 e. The fourth-order valence-electron chi connectivity index (χ4n) is 4.42. The van der Waals surface area contributed by atoms with Gasteiger partial charge in [-0.3, -0.25) is 14.9 Å². The van der Waals surface area contributed by atoms with Gasteiger partial charge in [0.15, 0.2) is 5.78 Å². The van der Waals surface area contributed by atoms with Gasteiger partial charge in [0.05, 0.1) is 16.2 Å². The van der Waals surface area contributed by atoms with Crippen LogP contribution in [0.15, 0.2) is 53.2 Å². The number of hydrogen-bond donors (Lipinski definition) is 0. The molecule has 5 rings (SSSR count). The van der Waals surface area contributed by atoms with Crippen molar-refractivity contribution in [3.63, 3.8) is 0 Å². The van der Waals surface area contributed by atoms with Crippen LogP contribution >= 0.6 is 0 Å². The van der Waals surface area contributed by atoms with Crippen LogP contribution in [-0.4, -0.2) is 22.4 Å². The number of nitrogens with zero attached hydrogens (tertiary/aromatic N) is 2. The number of oxime groups is 1. The smallest absolute Gasteiger partial charge is 0.313 e. The van der Waals surface area contributed by atoms with Crippen molar-refractivity contribution in [2.75, 3.05) is 0 Å². The van der Waals surface area contributed by atoms with E-state index in [1.807, 2.05) is 0 Å². The molecular formula is C20H18N2O5. The number of rotatable bonds is 3. The predicted octanol–water partition coefficient (Wildman–Crippen LogP) is 3.47. The molecular weight excluding hydrogens is 348 g/mol. The molecule has 1 saturated carbocycles. The third-order valence-corrected chi connectivity index (χ3v) is 5.67. The summed E-state index contributed by atoms with van der Waals surface area (Å²) in [6.07, 6.45) is 7.81. The van der Waals surface area contributed by atoms with Gasteiger partial charge in [-0.15, -0.1) is 0 Å². The van der Waals surface area contributed by atoms with Crippen LogP contribution in [0.3, 0.4) is 0 Å². The maximum Gasteiger partial charge on any atom is 0.365 e. The largest absolute Gasteiger partial charge is 0.365 e. The van der Waals surface area contributed by atoms with E-state index >= 15 is 0 Å². The second-order valence-corrected chi connectivity index (χ2v) is 7.23. The number of benzene rings is 1. The highest BCUT2D eigenvalue weighted by molar-refractivity contribution is 6.13. The summed E-state index contributed by atoms with van der Waals surface area (Å²) in [6.45, 7) is 1.79. The topological polar surface area (TPSA) is 98.9 Å². The zero-order chi connectivity index (χ0) is 19.1. The molecule has 4 aliphatic carbocycles. The van der Waals surface area contributed by atoms with Gasteiger partial charge < -0.3 is 4.84 Å². The Kier molecular flexibility index (Phi) is 4.22. The number of ketones is 1. The van der Waals surface area contributed by atoms with Crippen molar-refractivity contribution in [2.45, 2.75) is 19.8 Å². The summed E-state index contributed by atoms with van der Waals surface area (Å²) in [4.78, 5) is 40.2. The predicted molar refractivity (Wildman–Crippen MR) is 97.0 cm³/mol. The summed E-state index contributed by atoms with van der Waals surface area (Å²) in [6, 6.07) is 5.33. The molecule has 0 radical (unpaired) electrons. The Bertz CT molecular complexity index is 930. The number of non-ortho nitro benzene ring substituents is 1. The number of allylic oxidation sites excluding steroid dienone is 4. The van der Waals surface area contributed by atoms with Crippen molar-refractivity contribution >= 4 is 23.2 Å². The summed E-state index contributed by atoms with van der Waals surface area (Å²) >= 11 is 0. The van der Waals surface area contributed by atoms with Gasteiger partial charge in [0.25, 0.3) is 5.69 Å². The molecule has 0 heterocycles. The van der Waals surface area contributed by atoms with Gasteiger partial charge in [-0.25, -0.2) is 4.79 Å². The lowest BCUT2D eigenvalue weighted by molar-refractivity contribution is -0.384. The summed E-state index contributed by atoms with van der Waals surface area (Å²) in [5.41, 5.74) is 1.20. The van der Waals surface area contributed by atoms with E-state index < -0.39 is 10.9 Å². The minimum atomic E-state index is -0.760. The van der Waals surface area contributed by atoms with Crippen molar-refractivity contribution in [3.05, 3.63) is 63.7 Å². The molecule has 27 heavy (non-hydrogen) atoms. The van der Waals surface area contributed by atoms with Gasteiger partial charge in [0.1, 0.15) is 0 Å². The Hall–Kier alpha value is -3.09. The lowest BCUT2D eigenvalue weighted by atomic mass is 9.57. The number of carbonyl (C=O) groups excluding carboxylic acids is 2. The van der Waals surface area contributed by atoms with E-state index in [1.54, 1.807) is 13.0 Å². The van der Waals surface area contributed by atoms with Crippen molar-refractivity contribution < 1.29 is 19.3 Å². The molecule has 2 bridgehead atoms. The van der Waals surface area contributed by atoms with E-state index in [0.29, 0.717) is 11.3 Å². The highest BCUT2D eigenvalue weighted by Gasteiger charge is 2.48. The first-order valence-corrected chi connectivity index (χ1v) is 8.90. The molecule has 4 aliphatic rings. The summed E-state index contributed by atoms with van der Waals surface area (Å²) in [7, 11) is 0. The van der Waals surface area contributed by atoms with Crippen molar-refractivity contribution in [2.24, 2.45) is 28.8 Å². The molecule has 0 unspecified atom stereocenters. The van der Waals surface area contributed by atoms with Gasteiger partial charge in [-0.05, 0) is 49.3 Å². The van der Waals surface area contributed by atoms with E-state index in [9.17, 15) is 19.7 Å². The monoisotopic (exact) mass is 366 g/mol.